The quantitative estimate of drug-likeness (QED) is 0.436. The minimum absolute atomic E-state index is 0.00695. The third-order valence-corrected chi connectivity index (χ3v) is 7.22. The Bertz CT molecular complexity index is 1020. The molecule has 2 aromatic carbocycles. The Hall–Kier alpha value is -2.70. The number of anilines is 1. The molecule has 0 radical (unpaired) electrons. The second-order valence-electron chi connectivity index (χ2n) is 8.15. The van der Waals surface area contributed by atoms with Crippen LogP contribution in [0.15, 0.2) is 77.7 Å². The zero-order chi connectivity index (χ0) is 22.8. The van der Waals surface area contributed by atoms with Gasteiger partial charge in [0.1, 0.15) is 0 Å². The van der Waals surface area contributed by atoms with E-state index in [-0.39, 0.29) is 16.8 Å². The summed E-state index contributed by atoms with van der Waals surface area (Å²) in [6.07, 6.45) is 14.3. The third-order valence-electron chi connectivity index (χ3n) is 5.68. The average Bonchev–Trinajstić information content (AvgIpc) is 3.07. The monoisotopic (exact) mass is 452 g/mol. The number of sulfonamides is 1. The molecule has 3 rings (SSSR count). The Morgan fingerprint density at radius 1 is 0.969 bits per heavy atom. The SMILES string of the molecule is CN(C(=O)/C=C/C/C=C/c1ccccc1)c1ccc(S(=O)(=O)NC2CCCCCC2)cc1. The van der Waals surface area contributed by atoms with Crippen molar-refractivity contribution in [2.45, 2.75) is 55.9 Å². The van der Waals surface area contributed by atoms with Crippen LogP contribution in [-0.4, -0.2) is 27.4 Å². The summed E-state index contributed by atoms with van der Waals surface area (Å²) in [6, 6.07) is 16.5. The van der Waals surface area contributed by atoms with Crippen molar-refractivity contribution in [3.63, 3.8) is 0 Å². The topological polar surface area (TPSA) is 66.5 Å². The van der Waals surface area contributed by atoms with Crippen LogP contribution < -0.4 is 9.62 Å². The zero-order valence-electron chi connectivity index (χ0n) is 18.6. The smallest absolute Gasteiger partial charge is 0.250 e. The van der Waals surface area contributed by atoms with Crippen LogP contribution in [0.2, 0.25) is 0 Å². The lowest BCUT2D eigenvalue weighted by Gasteiger charge is -2.18. The van der Waals surface area contributed by atoms with Gasteiger partial charge in [0, 0.05) is 18.8 Å². The first kappa shape index (κ1) is 24.0. The van der Waals surface area contributed by atoms with Crippen molar-refractivity contribution in [3.05, 3.63) is 78.4 Å². The minimum Gasteiger partial charge on any atom is -0.312 e. The summed E-state index contributed by atoms with van der Waals surface area (Å²) in [7, 11) is -1.88. The van der Waals surface area contributed by atoms with E-state index in [1.807, 2.05) is 48.6 Å². The van der Waals surface area contributed by atoms with E-state index in [0.29, 0.717) is 12.1 Å². The molecule has 170 valence electrons. The molecular weight excluding hydrogens is 420 g/mol. The number of allylic oxidation sites excluding steroid dienone is 2. The normalized spacial score (nSPS) is 15.8. The standard InChI is InChI=1S/C26H32N2O3S/c1-28(26(29)17-11-5-8-14-22-12-6-4-7-13-22)24-18-20-25(21-19-24)32(30,31)27-23-15-9-2-3-10-16-23/h4,6-8,11-14,17-21,23,27H,2-3,5,9-10,15-16H2,1H3/b14-8+,17-11+. The molecule has 0 spiro atoms. The minimum atomic E-state index is -3.56. The van der Waals surface area contributed by atoms with E-state index in [0.717, 1.165) is 31.2 Å². The van der Waals surface area contributed by atoms with Gasteiger partial charge in [-0.3, -0.25) is 4.79 Å². The van der Waals surface area contributed by atoms with Crippen molar-refractivity contribution in [2.24, 2.45) is 0 Å². The molecule has 0 heterocycles. The molecule has 2 aromatic rings. The molecule has 0 bridgehead atoms. The molecule has 1 N–H and O–H groups in total. The van der Waals surface area contributed by atoms with Crippen molar-refractivity contribution in [3.8, 4) is 0 Å². The Labute approximate surface area is 191 Å². The second kappa shape index (κ2) is 11.8. The van der Waals surface area contributed by atoms with E-state index in [4.69, 9.17) is 0 Å². The van der Waals surface area contributed by atoms with Gasteiger partial charge in [-0.2, -0.15) is 0 Å². The number of nitrogens with one attached hydrogen (secondary N) is 1. The van der Waals surface area contributed by atoms with E-state index >= 15 is 0 Å². The molecule has 1 aliphatic carbocycles. The summed E-state index contributed by atoms with van der Waals surface area (Å²) in [4.78, 5) is 14.2. The highest BCUT2D eigenvalue weighted by Crippen LogP contribution is 2.21. The van der Waals surface area contributed by atoms with Crippen LogP contribution in [0, 0.1) is 0 Å². The number of carbonyl (C=O) groups excluding carboxylic acids is 1. The van der Waals surface area contributed by atoms with E-state index in [2.05, 4.69) is 4.72 Å². The maximum Gasteiger partial charge on any atom is 0.250 e. The van der Waals surface area contributed by atoms with Crippen molar-refractivity contribution < 1.29 is 13.2 Å². The lowest BCUT2D eigenvalue weighted by molar-refractivity contribution is -0.113. The van der Waals surface area contributed by atoms with Gasteiger partial charge in [0.05, 0.1) is 4.90 Å². The molecule has 0 unspecified atom stereocenters. The predicted octanol–water partition coefficient (Wildman–Crippen LogP) is 5.31. The highest BCUT2D eigenvalue weighted by molar-refractivity contribution is 7.89. The number of benzene rings is 2. The molecule has 0 atom stereocenters. The third kappa shape index (κ3) is 7.18. The highest BCUT2D eigenvalue weighted by Gasteiger charge is 2.21. The van der Waals surface area contributed by atoms with Gasteiger partial charge < -0.3 is 4.90 Å². The summed E-state index contributed by atoms with van der Waals surface area (Å²) in [6.45, 7) is 0. The van der Waals surface area contributed by atoms with E-state index in [9.17, 15) is 13.2 Å². The largest absolute Gasteiger partial charge is 0.312 e. The van der Waals surface area contributed by atoms with Gasteiger partial charge >= 0.3 is 0 Å². The zero-order valence-corrected chi connectivity index (χ0v) is 19.4. The van der Waals surface area contributed by atoms with Gasteiger partial charge in [-0.05, 0) is 55.2 Å². The Kier molecular flexibility index (Phi) is 8.82. The van der Waals surface area contributed by atoms with Crippen molar-refractivity contribution in [1.82, 2.24) is 4.72 Å². The van der Waals surface area contributed by atoms with Crippen LogP contribution in [0.1, 0.15) is 50.5 Å². The maximum atomic E-state index is 12.7. The highest BCUT2D eigenvalue weighted by atomic mass is 32.2. The molecular formula is C26H32N2O3S. The van der Waals surface area contributed by atoms with Crippen LogP contribution in [0.4, 0.5) is 5.69 Å². The summed E-state index contributed by atoms with van der Waals surface area (Å²) in [5.74, 6) is -0.162. The summed E-state index contributed by atoms with van der Waals surface area (Å²) >= 11 is 0. The fourth-order valence-corrected chi connectivity index (χ4v) is 5.09. The number of likely N-dealkylation sites (N-methyl/N-ethyl adjacent to an activating group) is 1. The second-order valence-corrected chi connectivity index (χ2v) is 9.87. The Morgan fingerprint density at radius 2 is 1.62 bits per heavy atom. The van der Waals surface area contributed by atoms with E-state index in [1.54, 1.807) is 31.3 Å². The maximum absolute atomic E-state index is 12.7. The Morgan fingerprint density at radius 3 is 2.28 bits per heavy atom. The van der Waals surface area contributed by atoms with Gasteiger partial charge in [-0.1, -0.05) is 74.2 Å². The number of nitrogens with zero attached hydrogens (tertiary/aromatic N) is 1. The average molecular weight is 453 g/mol. The lowest BCUT2D eigenvalue weighted by Crippen LogP contribution is -2.34. The summed E-state index contributed by atoms with van der Waals surface area (Å²) in [5, 5.41) is 0. The van der Waals surface area contributed by atoms with Gasteiger partial charge in [-0.25, -0.2) is 13.1 Å². The molecule has 1 aliphatic rings. The molecule has 0 aromatic heterocycles. The first-order chi connectivity index (χ1) is 15.5. The van der Waals surface area contributed by atoms with Crippen LogP contribution in [0.5, 0.6) is 0 Å². The first-order valence-electron chi connectivity index (χ1n) is 11.2. The summed E-state index contributed by atoms with van der Waals surface area (Å²) < 4.78 is 28.3. The van der Waals surface area contributed by atoms with Crippen molar-refractivity contribution >= 4 is 27.7 Å². The molecule has 32 heavy (non-hydrogen) atoms. The molecule has 5 nitrogen and oxygen atoms in total. The van der Waals surface area contributed by atoms with Gasteiger partial charge in [0.15, 0.2) is 0 Å². The summed E-state index contributed by atoms with van der Waals surface area (Å²) in [5.41, 5.74) is 1.76. The van der Waals surface area contributed by atoms with Crippen LogP contribution in [0.3, 0.4) is 0 Å². The van der Waals surface area contributed by atoms with Gasteiger partial charge in [0.2, 0.25) is 15.9 Å². The fourth-order valence-electron chi connectivity index (χ4n) is 3.79. The molecule has 0 saturated heterocycles. The van der Waals surface area contributed by atoms with Gasteiger partial charge in [-0.15, -0.1) is 0 Å². The molecule has 0 aliphatic heterocycles. The van der Waals surface area contributed by atoms with Gasteiger partial charge in [0.25, 0.3) is 0 Å². The molecule has 1 fully saturated rings. The molecule has 1 saturated carbocycles. The van der Waals surface area contributed by atoms with Crippen molar-refractivity contribution in [2.75, 3.05) is 11.9 Å². The number of hydrogen-bond acceptors (Lipinski definition) is 3. The Balaban J connectivity index is 1.54. The molecule has 6 heteroatoms. The van der Waals surface area contributed by atoms with E-state index < -0.39 is 10.0 Å². The number of hydrogen-bond donors (Lipinski definition) is 1. The van der Waals surface area contributed by atoms with Crippen LogP contribution in [-0.2, 0) is 14.8 Å². The first-order valence-corrected chi connectivity index (χ1v) is 12.7. The predicted molar refractivity (Wildman–Crippen MR) is 131 cm³/mol. The number of carbonyl (C=O) groups is 1. The fraction of sp³-hybridized carbons (Fsp3) is 0.346. The van der Waals surface area contributed by atoms with Crippen LogP contribution in [0.25, 0.3) is 6.08 Å². The van der Waals surface area contributed by atoms with Crippen LogP contribution >= 0.6 is 0 Å². The van der Waals surface area contributed by atoms with Crippen molar-refractivity contribution in [1.29, 1.82) is 0 Å². The van der Waals surface area contributed by atoms with E-state index in [1.165, 1.54) is 23.8 Å². The lowest BCUT2D eigenvalue weighted by atomic mass is 10.1. The molecule has 1 amide bonds. The number of rotatable bonds is 8. The number of amides is 1.